The van der Waals surface area contributed by atoms with Gasteiger partial charge in [-0.25, -0.2) is 9.97 Å². The second kappa shape index (κ2) is 3.69. The molecule has 2 N–H and O–H groups in total. The van der Waals surface area contributed by atoms with Gasteiger partial charge in [-0.1, -0.05) is 0 Å². The Kier molecular flexibility index (Phi) is 2.82. The third kappa shape index (κ3) is 2.66. The molecule has 0 saturated heterocycles. The fourth-order valence-corrected chi connectivity index (χ4v) is 0.807. The van der Waals surface area contributed by atoms with E-state index in [4.69, 9.17) is 5.73 Å². The highest BCUT2D eigenvalue weighted by atomic mass is 19.4. The lowest BCUT2D eigenvalue weighted by Crippen LogP contribution is -2.12. The Morgan fingerprint density at radius 2 is 2.08 bits per heavy atom. The summed E-state index contributed by atoms with van der Waals surface area (Å²) in [4.78, 5) is 6.97. The minimum absolute atomic E-state index is 0.123. The zero-order valence-corrected chi connectivity index (χ0v) is 6.67. The van der Waals surface area contributed by atoms with Crippen molar-refractivity contribution in [2.75, 3.05) is 6.54 Å². The molecule has 72 valence electrons. The largest absolute Gasteiger partial charge is 0.433 e. The molecule has 3 nitrogen and oxygen atoms in total. The molecule has 0 fully saturated rings. The second-order valence-electron chi connectivity index (χ2n) is 2.39. The summed E-state index contributed by atoms with van der Waals surface area (Å²) >= 11 is 0. The molecule has 1 heterocycles. The number of hydrogen-bond donors (Lipinski definition) is 1. The van der Waals surface area contributed by atoms with Crippen molar-refractivity contribution in [1.29, 1.82) is 0 Å². The molecule has 0 aliphatic carbocycles. The maximum absolute atomic E-state index is 12.1. The zero-order valence-electron chi connectivity index (χ0n) is 6.67. The Balaban J connectivity index is 2.92. The van der Waals surface area contributed by atoms with Crippen LogP contribution in [0.15, 0.2) is 12.3 Å². The van der Waals surface area contributed by atoms with Crippen molar-refractivity contribution in [3.63, 3.8) is 0 Å². The van der Waals surface area contributed by atoms with E-state index in [0.29, 0.717) is 0 Å². The summed E-state index contributed by atoms with van der Waals surface area (Å²) in [5.74, 6) is 0.123. The summed E-state index contributed by atoms with van der Waals surface area (Å²) in [5.41, 5.74) is 4.23. The van der Waals surface area contributed by atoms with E-state index in [1.807, 2.05) is 0 Å². The van der Waals surface area contributed by atoms with E-state index < -0.39 is 11.9 Å². The number of alkyl halides is 3. The molecule has 1 aromatic rings. The Bertz CT molecular complexity index is 285. The van der Waals surface area contributed by atoms with E-state index >= 15 is 0 Å². The van der Waals surface area contributed by atoms with Crippen LogP contribution in [0.25, 0.3) is 0 Å². The van der Waals surface area contributed by atoms with Gasteiger partial charge in [-0.05, 0) is 12.6 Å². The summed E-state index contributed by atoms with van der Waals surface area (Å²) in [6.45, 7) is 0.237. The average molecular weight is 191 g/mol. The number of nitrogens with zero attached hydrogens (tertiary/aromatic N) is 2. The molecule has 0 aliphatic heterocycles. The summed E-state index contributed by atoms with van der Waals surface area (Å²) < 4.78 is 36.3. The molecule has 1 aromatic heterocycles. The quantitative estimate of drug-likeness (QED) is 0.758. The highest BCUT2D eigenvalue weighted by Gasteiger charge is 2.32. The van der Waals surface area contributed by atoms with Gasteiger partial charge in [-0.2, -0.15) is 13.2 Å². The van der Waals surface area contributed by atoms with Gasteiger partial charge in [0.05, 0.1) is 0 Å². The molecule has 0 spiro atoms. The van der Waals surface area contributed by atoms with Gasteiger partial charge < -0.3 is 5.73 Å². The molecule has 0 aromatic carbocycles. The van der Waals surface area contributed by atoms with Gasteiger partial charge in [0.15, 0.2) is 0 Å². The Labute approximate surface area is 72.8 Å². The van der Waals surface area contributed by atoms with Crippen LogP contribution in [0.1, 0.15) is 11.5 Å². The maximum Gasteiger partial charge on any atom is 0.433 e. The Hall–Kier alpha value is -1.17. The first kappa shape index (κ1) is 9.91. The zero-order chi connectivity index (χ0) is 9.90. The third-order valence-electron chi connectivity index (χ3n) is 1.36. The van der Waals surface area contributed by atoms with Crippen LogP contribution in [0.3, 0.4) is 0 Å². The van der Waals surface area contributed by atoms with Crippen molar-refractivity contribution in [1.82, 2.24) is 9.97 Å². The monoisotopic (exact) mass is 191 g/mol. The molecular weight excluding hydrogens is 183 g/mol. The van der Waals surface area contributed by atoms with Crippen LogP contribution < -0.4 is 5.73 Å². The number of rotatable bonds is 2. The SMILES string of the molecule is NCCc1nccc(C(F)(F)F)n1. The summed E-state index contributed by atoms with van der Waals surface area (Å²) in [6, 6.07) is 0.833. The topological polar surface area (TPSA) is 51.8 Å². The molecule has 6 heteroatoms. The van der Waals surface area contributed by atoms with Crippen LogP contribution >= 0.6 is 0 Å². The lowest BCUT2D eigenvalue weighted by atomic mass is 10.3. The van der Waals surface area contributed by atoms with E-state index in [0.717, 1.165) is 12.3 Å². The molecular formula is C7H8F3N3. The molecule has 0 amide bonds. The molecule has 0 aliphatic rings. The fourth-order valence-electron chi connectivity index (χ4n) is 0.807. The molecule has 1 rings (SSSR count). The molecule has 0 bridgehead atoms. The summed E-state index contributed by atoms with van der Waals surface area (Å²) in [6.07, 6.45) is -3.07. The standard InChI is InChI=1S/C7H8F3N3/c8-7(9,10)5-2-4-12-6(13-5)1-3-11/h2,4H,1,3,11H2. The number of nitrogens with two attached hydrogens (primary N) is 1. The van der Waals surface area contributed by atoms with Crippen LogP contribution in [0.4, 0.5) is 13.2 Å². The Morgan fingerprint density at radius 1 is 1.38 bits per heavy atom. The molecule has 0 unspecified atom stereocenters. The molecule has 13 heavy (non-hydrogen) atoms. The Morgan fingerprint density at radius 3 is 2.62 bits per heavy atom. The van der Waals surface area contributed by atoms with Gasteiger partial charge >= 0.3 is 6.18 Å². The molecule has 0 atom stereocenters. The van der Waals surface area contributed by atoms with Crippen molar-refractivity contribution in [2.24, 2.45) is 5.73 Å². The van der Waals surface area contributed by atoms with Gasteiger partial charge in [0.25, 0.3) is 0 Å². The minimum Gasteiger partial charge on any atom is -0.330 e. The van der Waals surface area contributed by atoms with Crippen LogP contribution in [-0.4, -0.2) is 16.5 Å². The fraction of sp³-hybridized carbons (Fsp3) is 0.429. The van der Waals surface area contributed by atoms with Gasteiger partial charge in [0.1, 0.15) is 11.5 Å². The number of aromatic nitrogens is 2. The van der Waals surface area contributed by atoms with Crippen LogP contribution in [0.5, 0.6) is 0 Å². The lowest BCUT2D eigenvalue weighted by molar-refractivity contribution is -0.141. The average Bonchev–Trinajstić information content (AvgIpc) is 2.04. The highest BCUT2D eigenvalue weighted by Crippen LogP contribution is 2.26. The highest BCUT2D eigenvalue weighted by molar-refractivity contribution is 5.06. The van der Waals surface area contributed by atoms with Gasteiger partial charge in [0, 0.05) is 12.6 Å². The van der Waals surface area contributed by atoms with E-state index in [1.165, 1.54) is 0 Å². The predicted molar refractivity (Wildman–Crippen MR) is 39.8 cm³/mol. The van der Waals surface area contributed by atoms with Crippen molar-refractivity contribution >= 4 is 0 Å². The first-order chi connectivity index (χ1) is 6.04. The molecule has 0 saturated carbocycles. The minimum atomic E-state index is -4.41. The van der Waals surface area contributed by atoms with Gasteiger partial charge in [-0.15, -0.1) is 0 Å². The van der Waals surface area contributed by atoms with Crippen LogP contribution in [0, 0.1) is 0 Å². The maximum atomic E-state index is 12.1. The second-order valence-corrected chi connectivity index (χ2v) is 2.39. The van der Waals surface area contributed by atoms with Crippen LogP contribution in [-0.2, 0) is 12.6 Å². The van der Waals surface area contributed by atoms with E-state index in [9.17, 15) is 13.2 Å². The smallest absolute Gasteiger partial charge is 0.330 e. The van der Waals surface area contributed by atoms with Crippen molar-refractivity contribution < 1.29 is 13.2 Å². The van der Waals surface area contributed by atoms with Crippen molar-refractivity contribution in [2.45, 2.75) is 12.6 Å². The molecule has 0 radical (unpaired) electrons. The van der Waals surface area contributed by atoms with Crippen molar-refractivity contribution in [3.8, 4) is 0 Å². The number of halogens is 3. The third-order valence-corrected chi connectivity index (χ3v) is 1.36. The van der Waals surface area contributed by atoms with E-state index in [2.05, 4.69) is 9.97 Å². The first-order valence-corrected chi connectivity index (χ1v) is 3.63. The van der Waals surface area contributed by atoms with Crippen molar-refractivity contribution in [3.05, 3.63) is 23.8 Å². The van der Waals surface area contributed by atoms with E-state index in [-0.39, 0.29) is 18.8 Å². The number of hydrogen-bond acceptors (Lipinski definition) is 3. The summed E-state index contributed by atoms with van der Waals surface area (Å²) in [7, 11) is 0. The van der Waals surface area contributed by atoms with Gasteiger partial charge in [-0.3, -0.25) is 0 Å². The van der Waals surface area contributed by atoms with E-state index in [1.54, 1.807) is 0 Å². The van der Waals surface area contributed by atoms with Crippen LogP contribution in [0.2, 0.25) is 0 Å². The summed E-state index contributed by atoms with van der Waals surface area (Å²) in [5, 5.41) is 0. The lowest BCUT2D eigenvalue weighted by Gasteiger charge is -2.05. The van der Waals surface area contributed by atoms with Gasteiger partial charge in [0.2, 0.25) is 0 Å². The normalized spacial score (nSPS) is 11.7. The first-order valence-electron chi connectivity index (χ1n) is 3.63. The predicted octanol–water partition coefficient (Wildman–Crippen LogP) is 0.997.